The van der Waals surface area contributed by atoms with Crippen molar-refractivity contribution >= 4 is 27.5 Å². The molecule has 3 aromatic rings. The Kier molecular flexibility index (Phi) is 9.07. The molecular weight excluding hydrogens is 510 g/mol. The Morgan fingerprint density at radius 2 is 1.56 bits per heavy atom. The summed E-state index contributed by atoms with van der Waals surface area (Å²) < 4.78 is 28.8. The number of para-hydroxylation sites is 1. The maximum absolute atomic E-state index is 14.0. The summed E-state index contributed by atoms with van der Waals surface area (Å²) in [6.07, 6.45) is 4.02. The van der Waals surface area contributed by atoms with E-state index < -0.39 is 28.5 Å². The Morgan fingerprint density at radius 1 is 0.897 bits per heavy atom. The summed E-state index contributed by atoms with van der Waals surface area (Å²) in [5, 5.41) is 3.09. The standard InChI is InChI=1S/C31H37N3O4S/c1-23-16-18-29(19-17-23)39(37,38)34(28-14-5-4-6-15-28)22-30(35)33(21-26-11-9-10-24(2)20-26)25(3)31(36)32-27-12-7-8-13-27/h4-6,9-11,14-20,25,27H,7-8,12-13,21-22H2,1-3H3,(H,32,36)/t25-/m1/s1. The van der Waals surface area contributed by atoms with Crippen LogP contribution < -0.4 is 9.62 Å². The summed E-state index contributed by atoms with van der Waals surface area (Å²) in [6, 6.07) is 22.3. The lowest BCUT2D eigenvalue weighted by molar-refractivity contribution is -0.139. The highest BCUT2D eigenvalue weighted by molar-refractivity contribution is 7.92. The molecule has 1 fully saturated rings. The predicted octanol–water partition coefficient (Wildman–Crippen LogP) is 4.97. The second-order valence-corrected chi connectivity index (χ2v) is 12.2. The molecule has 0 radical (unpaired) electrons. The zero-order chi connectivity index (χ0) is 28.0. The monoisotopic (exact) mass is 547 g/mol. The first-order chi connectivity index (χ1) is 18.6. The molecule has 1 atom stereocenters. The van der Waals surface area contributed by atoms with Gasteiger partial charge in [-0.2, -0.15) is 0 Å². The number of amides is 2. The Hall–Kier alpha value is -3.65. The van der Waals surface area contributed by atoms with Crippen molar-refractivity contribution < 1.29 is 18.0 Å². The third-order valence-electron chi connectivity index (χ3n) is 7.24. The van der Waals surface area contributed by atoms with Crippen LogP contribution in [0.25, 0.3) is 0 Å². The fourth-order valence-electron chi connectivity index (χ4n) is 4.94. The number of nitrogens with one attached hydrogen (secondary N) is 1. The van der Waals surface area contributed by atoms with E-state index in [1.165, 1.54) is 4.90 Å². The van der Waals surface area contributed by atoms with Gasteiger partial charge in [-0.15, -0.1) is 0 Å². The minimum Gasteiger partial charge on any atom is -0.352 e. The van der Waals surface area contributed by atoms with Crippen molar-refractivity contribution in [1.82, 2.24) is 10.2 Å². The molecule has 1 saturated carbocycles. The van der Waals surface area contributed by atoms with Gasteiger partial charge in [-0.3, -0.25) is 13.9 Å². The molecular formula is C31H37N3O4S. The van der Waals surface area contributed by atoms with Gasteiger partial charge in [-0.1, -0.05) is 78.6 Å². The van der Waals surface area contributed by atoms with Crippen LogP contribution in [-0.4, -0.2) is 43.8 Å². The molecule has 3 aromatic carbocycles. The number of anilines is 1. The van der Waals surface area contributed by atoms with E-state index in [-0.39, 0.29) is 23.4 Å². The van der Waals surface area contributed by atoms with E-state index in [0.717, 1.165) is 46.7 Å². The zero-order valence-corrected chi connectivity index (χ0v) is 23.7. The largest absolute Gasteiger partial charge is 0.352 e. The lowest BCUT2D eigenvalue weighted by Crippen LogP contribution is -2.52. The van der Waals surface area contributed by atoms with Crippen molar-refractivity contribution in [3.63, 3.8) is 0 Å². The van der Waals surface area contributed by atoms with E-state index in [9.17, 15) is 18.0 Å². The number of sulfonamides is 1. The molecule has 0 bridgehead atoms. The average molecular weight is 548 g/mol. The molecule has 1 N–H and O–H groups in total. The molecule has 2 amide bonds. The normalized spacial score (nSPS) is 14.5. The number of carbonyl (C=O) groups excluding carboxylic acids is 2. The molecule has 0 heterocycles. The van der Waals surface area contributed by atoms with Crippen LogP contribution in [0, 0.1) is 13.8 Å². The number of nitrogens with zero attached hydrogens (tertiary/aromatic N) is 2. The fourth-order valence-corrected chi connectivity index (χ4v) is 6.36. The Labute approximate surface area is 231 Å². The third-order valence-corrected chi connectivity index (χ3v) is 9.02. The molecule has 4 rings (SSSR count). The van der Waals surface area contributed by atoms with Crippen molar-refractivity contribution in [1.29, 1.82) is 0 Å². The molecule has 1 aliphatic carbocycles. The summed E-state index contributed by atoms with van der Waals surface area (Å²) in [6.45, 7) is 5.31. The number of aryl methyl sites for hydroxylation is 2. The number of hydrogen-bond donors (Lipinski definition) is 1. The average Bonchev–Trinajstić information content (AvgIpc) is 3.43. The Bertz CT molecular complexity index is 1380. The van der Waals surface area contributed by atoms with Gasteiger partial charge < -0.3 is 10.2 Å². The van der Waals surface area contributed by atoms with Crippen molar-refractivity contribution in [3.05, 3.63) is 95.6 Å². The van der Waals surface area contributed by atoms with Gasteiger partial charge in [-0.25, -0.2) is 8.42 Å². The van der Waals surface area contributed by atoms with Crippen molar-refractivity contribution in [2.45, 2.75) is 70.0 Å². The van der Waals surface area contributed by atoms with Crippen LogP contribution in [0.4, 0.5) is 5.69 Å². The van der Waals surface area contributed by atoms with Crippen molar-refractivity contribution in [2.24, 2.45) is 0 Å². The second kappa shape index (κ2) is 12.5. The highest BCUT2D eigenvalue weighted by Crippen LogP contribution is 2.25. The summed E-state index contributed by atoms with van der Waals surface area (Å²) in [5.74, 6) is -0.680. The molecule has 0 saturated heterocycles. The number of benzene rings is 3. The van der Waals surface area contributed by atoms with Gasteiger partial charge in [0.1, 0.15) is 12.6 Å². The molecule has 39 heavy (non-hydrogen) atoms. The fraction of sp³-hybridized carbons (Fsp3) is 0.355. The highest BCUT2D eigenvalue weighted by Gasteiger charge is 2.33. The summed E-state index contributed by atoms with van der Waals surface area (Å²) >= 11 is 0. The van der Waals surface area contributed by atoms with Crippen LogP contribution in [0.3, 0.4) is 0 Å². The lowest BCUT2D eigenvalue weighted by atomic mass is 10.1. The van der Waals surface area contributed by atoms with Gasteiger partial charge in [0, 0.05) is 12.6 Å². The summed E-state index contributed by atoms with van der Waals surface area (Å²) in [5.41, 5.74) is 3.22. The number of rotatable bonds is 10. The minimum absolute atomic E-state index is 0.0991. The molecule has 0 unspecified atom stereocenters. The maximum atomic E-state index is 14.0. The van der Waals surface area contributed by atoms with Gasteiger partial charge >= 0.3 is 0 Å². The van der Waals surface area contributed by atoms with Gasteiger partial charge in [0.2, 0.25) is 11.8 Å². The van der Waals surface area contributed by atoms with E-state index in [0.29, 0.717) is 5.69 Å². The van der Waals surface area contributed by atoms with E-state index in [2.05, 4.69) is 5.32 Å². The number of hydrogen-bond acceptors (Lipinski definition) is 4. The third kappa shape index (κ3) is 7.06. The number of carbonyl (C=O) groups is 2. The molecule has 1 aliphatic rings. The van der Waals surface area contributed by atoms with Crippen LogP contribution in [0.2, 0.25) is 0 Å². The van der Waals surface area contributed by atoms with Crippen LogP contribution in [0.15, 0.2) is 83.8 Å². The highest BCUT2D eigenvalue weighted by atomic mass is 32.2. The minimum atomic E-state index is -4.06. The van der Waals surface area contributed by atoms with Crippen LogP contribution in [0.1, 0.15) is 49.3 Å². The molecule has 7 nitrogen and oxygen atoms in total. The van der Waals surface area contributed by atoms with Gasteiger partial charge in [0.05, 0.1) is 10.6 Å². The van der Waals surface area contributed by atoms with Crippen molar-refractivity contribution in [3.8, 4) is 0 Å². The van der Waals surface area contributed by atoms with Gasteiger partial charge in [0.25, 0.3) is 10.0 Å². The van der Waals surface area contributed by atoms with Crippen LogP contribution >= 0.6 is 0 Å². The first kappa shape index (κ1) is 28.4. The predicted molar refractivity (Wildman–Crippen MR) is 154 cm³/mol. The van der Waals surface area contributed by atoms with E-state index >= 15 is 0 Å². The Morgan fingerprint density at radius 3 is 2.21 bits per heavy atom. The summed E-state index contributed by atoms with van der Waals surface area (Å²) in [4.78, 5) is 28.8. The second-order valence-electron chi connectivity index (χ2n) is 10.3. The molecule has 0 aromatic heterocycles. The van der Waals surface area contributed by atoms with Gasteiger partial charge in [-0.05, 0) is 63.4 Å². The first-order valence-corrected chi connectivity index (χ1v) is 14.9. The van der Waals surface area contributed by atoms with E-state index in [4.69, 9.17) is 0 Å². The first-order valence-electron chi connectivity index (χ1n) is 13.4. The topological polar surface area (TPSA) is 86.8 Å². The van der Waals surface area contributed by atoms with Crippen LogP contribution in [-0.2, 0) is 26.2 Å². The summed E-state index contributed by atoms with van der Waals surface area (Å²) in [7, 11) is -4.06. The Balaban J connectivity index is 1.66. The SMILES string of the molecule is Cc1ccc(S(=O)(=O)N(CC(=O)N(Cc2cccc(C)c2)[C@H](C)C(=O)NC2CCCC2)c2ccccc2)cc1. The van der Waals surface area contributed by atoms with Crippen LogP contribution in [0.5, 0.6) is 0 Å². The molecule has 8 heteroatoms. The molecule has 0 spiro atoms. The van der Waals surface area contributed by atoms with E-state index in [1.54, 1.807) is 61.5 Å². The van der Waals surface area contributed by atoms with E-state index in [1.807, 2.05) is 38.1 Å². The smallest absolute Gasteiger partial charge is 0.264 e. The quantitative estimate of drug-likeness (QED) is 0.388. The zero-order valence-electron chi connectivity index (χ0n) is 22.8. The molecule has 206 valence electrons. The van der Waals surface area contributed by atoms with Gasteiger partial charge in [0.15, 0.2) is 0 Å². The lowest BCUT2D eigenvalue weighted by Gasteiger charge is -2.32. The van der Waals surface area contributed by atoms with Crippen molar-refractivity contribution in [2.75, 3.05) is 10.8 Å². The molecule has 0 aliphatic heterocycles. The maximum Gasteiger partial charge on any atom is 0.264 e.